The van der Waals surface area contributed by atoms with Crippen LogP contribution in [0.3, 0.4) is 0 Å². The summed E-state index contributed by atoms with van der Waals surface area (Å²) in [5.41, 5.74) is 3.72. The van der Waals surface area contributed by atoms with Crippen LogP contribution in [0.2, 0.25) is 0 Å². The van der Waals surface area contributed by atoms with Crippen LogP contribution in [-0.2, 0) is 33.8 Å². The van der Waals surface area contributed by atoms with E-state index in [1.165, 1.54) is 11.3 Å². The summed E-state index contributed by atoms with van der Waals surface area (Å²) in [6.45, 7) is 1.04. The van der Waals surface area contributed by atoms with E-state index in [4.69, 9.17) is 0 Å². The first-order valence-corrected chi connectivity index (χ1v) is 9.07. The molecule has 1 aromatic carbocycles. The molecule has 0 unspecified atom stereocenters. The van der Waals surface area contributed by atoms with Crippen LogP contribution >= 0.6 is 11.3 Å². The van der Waals surface area contributed by atoms with Gasteiger partial charge in [0.05, 0.1) is 12.2 Å². The molecule has 25 heavy (non-hydrogen) atoms. The molecule has 2 N–H and O–H groups in total. The van der Waals surface area contributed by atoms with Crippen LogP contribution in [-0.4, -0.2) is 24.3 Å². The number of anilines is 2. The molecule has 2 aromatic rings. The number of carbonyl (C=O) groups is 3. The molecule has 2 aliphatic heterocycles. The average molecular weight is 355 g/mol. The van der Waals surface area contributed by atoms with Gasteiger partial charge in [0.25, 0.3) is 0 Å². The van der Waals surface area contributed by atoms with Crippen LogP contribution in [0.5, 0.6) is 0 Å². The Hall–Kier alpha value is -2.67. The number of thiophene rings is 1. The first-order valence-electron chi connectivity index (χ1n) is 8.19. The number of hydrogen-bond acceptors (Lipinski definition) is 4. The number of carbonyl (C=O) groups excluding carboxylic acids is 3. The lowest BCUT2D eigenvalue weighted by Crippen LogP contribution is -2.35. The summed E-state index contributed by atoms with van der Waals surface area (Å²) in [4.78, 5) is 38.9. The molecule has 128 valence electrons. The molecule has 0 saturated heterocycles. The zero-order chi connectivity index (χ0) is 17.4. The van der Waals surface area contributed by atoms with Crippen molar-refractivity contribution in [2.24, 2.45) is 0 Å². The molecule has 2 aliphatic rings. The standard InChI is InChI=1S/C18H17N3O3S/c22-15-4-3-11-8-13(9-12-5-6-21(15)16(11)12)20-18(24)17(23)19-10-14-2-1-7-25-14/h1-2,7-9H,3-6,10H2,(H,19,23)(H,20,24). The highest BCUT2D eigenvalue weighted by Crippen LogP contribution is 2.38. The summed E-state index contributed by atoms with van der Waals surface area (Å²) in [7, 11) is 0. The molecule has 0 bridgehead atoms. The molecule has 0 spiro atoms. The Kier molecular flexibility index (Phi) is 4.01. The summed E-state index contributed by atoms with van der Waals surface area (Å²) >= 11 is 1.53. The lowest BCUT2D eigenvalue weighted by atomic mass is 9.98. The maximum atomic E-state index is 12.1. The van der Waals surface area contributed by atoms with E-state index in [1.807, 2.05) is 34.5 Å². The van der Waals surface area contributed by atoms with Gasteiger partial charge >= 0.3 is 11.8 Å². The van der Waals surface area contributed by atoms with Crippen molar-refractivity contribution >= 4 is 40.4 Å². The molecule has 4 rings (SSSR count). The van der Waals surface area contributed by atoms with Crippen molar-refractivity contribution in [3.63, 3.8) is 0 Å². The van der Waals surface area contributed by atoms with E-state index < -0.39 is 11.8 Å². The van der Waals surface area contributed by atoms with E-state index in [-0.39, 0.29) is 5.91 Å². The minimum Gasteiger partial charge on any atom is -0.343 e. The Bertz CT molecular complexity index is 861. The Morgan fingerprint density at radius 1 is 1.12 bits per heavy atom. The zero-order valence-corrected chi connectivity index (χ0v) is 14.3. The molecule has 0 saturated carbocycles. The second-order valence-corrected chi connectivity index (χ2v) is 7.19. The summed E-state index contributed by atoms with van der Waals surface area (Å²) in [5.74, 6) is -1.17. The van der Waals surface area contributed by atoms with Gasteiger partial charge in [-0.1, -0.05) is 6.07 Å². The fourth-order valence-corrected chi connectivity index (χ4v) is 4.02. The number of benzene rings is 1. The van der Waals surface area contributed by atoms with Crippen LogP contribution in [0.4, 0.5) is 11.4 Å². The third kappa shape index (κ3) is 3.02. The van der Waals surface area contributed by atoms with Gasteiger partial charge in [0, 0.05) is 23.5 Å². The largest absolute Gasteiger partial charge is 0.343 e. The molecule has 3 amide bonds. The van der Waals surface area contributed by atoms with Gasteiger partial charge < -0.3 is 15.5 Å². The van der Waals surface area contributed by atoms with Crippen molar-refractivity contribution < 1.29 is 14.4 Å². The number of aryl methyl sites for hydroxylation is 1. The van der Waals surface area contributed by atoms with Gasteiger partial charge in [-0.15, -0.1) is 11.3 Å². The fourth-order valence-electron chi connectivity index (χ4n) is 3.38. The van der Waals surface area contributed by atoms with E-state index >= 15 is 0 Å². The third-order valence-corrected chi connectivity index (χ3v) is 5.40. The molecule has 0 radical (unpaired) electrons. The predicted molar refractivity (Wildman–Crippen MR) is 95.6 cm³/mol. The lowest BCUT2D eigenvalue weighted by molar-refractivity contribution is -0.136. The first kappa shape index (κ1) is 15.8. The van der Waals surface area contributed by atoms with Gasteiger partial charge in [0.15, 0.2) is 0 Å². The number of nitrogens with zero attached hydrogens (tertiary/aromatic N) is 1. The monoisotopic (exact) mass is 355 g/mol. The third-order valence-electron chi connectivity index (χ3n) is 4.52. The van der Waals surface area contributed by atoms with Crippen molar-refractivity contribution in [3.05, 3.63) is 45.6 Å². The van der Waals surface area contributed by atoms with Crippen molar-refractivity contribution in [1.29, 1.82) is 0 Å². The van der Waals surface area contributed by atoms with Gasteiger partial charge in [-0.2, -0.15) is 0 Å². The van der Waals surface area contributed by atoms with E-state index in [0.29, 0.717) is 31.6 Å². The molecule has 7 heteroatoms. The highest BCUT2D eigenvalue weighted by atomic mass is 32.1. The summed E-state index contributed by atoms with van der Waals surface area (Å²) in [6.07, 6.45) is 1.94. The zero-order valence-electron chi connectivity index (χ0n) is 13.5. The topological polar surface area (TPSA) is 78.5 Å². The van der Waals surface area contributed by atoms with Crippen LogP contribution in [0, 0.1) is 0 Å². The maximum Gasteiger partial charge on any atom is 0.313 e. The number of nitrogens with one attached hydrogen (secondary N) is 2. The maximum absolute atomic E-state index is 12.1. The highest BCUT2D eigenvalue weighted by Gasteiger charge is 2.31. The van der Waals surface area contributed by atoms with E-state index in [1.54, 1.807) is 0 Å². The van der Waals surface area contributed by atoms with Crippen LogP contribution in [0.1, 0.15) is 22.4 Å². The van der Waals surface area contributed by atoms with Gasteiger partial charge in [-0.3, -0.25) is 14.4 Å². The number of rotatable bonds is 3. The Morgan fingerprint density at radius 2 is 1.92 bits per heavy atom. The highest BCUT2D eigenvalue weighted by molar-refractivity contribution is 7.09. The molecule has 0 atom stereocenters. The van der Waals surface area contributed by atoms with Gasteiger partial charge in [-0.25, -0.2) is 0 Å². The fraction of sp³-hybridized carbons (Fsp3) is 0.278. The van der Waals surface area contributed by atoms with Crippen molar-refractivity contribution in [1.82, 2.24) is 5.32 Å². The van der Waals surface area contributed by atoms with E-state index in [9.17, 15) is 14.4 Å². The Morgan fingerprint density at radius 3 is 2.68 bits per heavy atom. The average Bonchev–Trinajstić information content (AvgIpc) is 3.26. The summed E-state index contributed by atoms with van der Waals surface area (Å²) in [6, 6.07) is 7.54. The summed E-state index contributed by atoms with van der Waals surface area (Å²) < 4.78 is 0. The second-order valence-electron chi connectivity index (χ2n) is 6.15. The molecular weight excluding hydrogens is 338 g/mol. The van der Waals surface area contributed by atoms with Crippen LogP contribution < -0.4 is 15.5 Å². The smallest absolute Gasteiger partial charge is 0.313 e. The van der Waals surface area contributed by atoms with Crippen molar-refractivity contribution in [2.45, 2.75) is 25.8 Å². The second kappa shape index (κ2) is 6.33. The van der Waals surface area contributed by atoms with Crippen LogP contribution in [0.15, 0.2) is 29.6 Å². The number of amides is 3. The van der Waals surface area contributed by atoms with Gasteiger partial charge in [0.1, 0.15) is 0 Å². The van der Waals surface area contributed by atoms with Gasteiger partial charge in [-0.05, 0) is 47.5 Å². The molecule has 0 fully saturated rings. The SMILES string of the molecule is O=C(NCc1cccs1)C(=O)Nc1cc2c3c(c1)CCN3C(=O)CC2. The minimum absolute atomic E-state index is 0.163. The Balaban J connectivity index is 1.45. The lowest BCUT2D eigenvalue weighted by Gasteiger charge is -2.25. The Labute approximate surface area is 148 Å². The quantitative estimate of drug-likeness (QED) is 0.825. The van der Waals surface area contributed by atoms with E-state index in [0.717, 1.165) is 28.1 Å². The molecule has 0 aliphatic carbocycles. The molecule has 6 nitrogen and oxygen atoms in total. The predicted octanol–water partition coefficient (Wildman–Crippen LogP) is 1.84. The van der Waals surface area contributed by atoms with Crippen LogP contribution in [0.25, 0.3) is 0 Å². The van der Waals surface area contributed by atoms with Crippen molar-refractivity contribution in [2.75, 3.05) is 16.8 Å². The number of hydrogen-bond donors (Lipinski definition) is 2. The molecule has 1 aromatic heterocycles. The van der Waals surface area contributed by atoms with Crippen molar-refractivity contribution in [3.8, 4) is 0 Å². The molecular formula is C18H17N3O3S. The molecule has 3 heterocycles. The minimum atomic E-state index is -0.676. The normalized spacial score (nSPS) is 15.0. The van der Waals surface area contributed by atoms with E-state index in [2.05, 4.69) is 10.6 Å². The van der Waals surface area contributed by atoms with Gasteiger partial charge in [0.2, 0.25) is 5.91 Å². The first-order chi connectivity index (χ1) is 12.1. The summed E-state index contributed by atoms with van der Waals surface area (Å²) in [5, 5.41) is 7.21.